The first-order valence-electron chi connectivity index (χ1n) is 8.22. The van der Waals surface area contributed by atoms with Crippen molar-refractivity contribution in [2.45, 2.75) is 13.8 Å². The molecule has 1 heteroatoms. The minimum absolute atomic E-state index is 0.483. The molecule has 1 unspecified atom stereocenters. The van der Waals surface area contributed by atoms with Crippen molar-refractivity contribution in [1.82, 2.24) is 0 Å². The average molecular weight is 301 g/mol. The van der Waals surface area contributed by atoms with E-state index >= 15 is 0 Å². The molecule has 3 rings (SSSR count). The van der Waals surface area contributed by atoms with Gasteiger partial charge in [0.1, 0.15) is 0 Å². The Morgan fingerprint density at radius 3 is 1.87 bits per heavy atom. The SMILES string of the molecule is CC(C)C1C=CC=C(N(c2ccccc2)c2ccccc2)C=C1. The Kier molecular flexibility index (Phi) is 4.77. The van der Waals surface area contributed by atoms with Gasteiger partial charge in [-0.15, -0.1) is 0 Å². The van der Waals surface area contributed by atoms with E-state index in [4.69, 9.17) is 0 Å². The van der Waals surface area contributed by atoms with Crippen LogP contribution in [0.4, 0.5) is 11.4 Å². The van der Waals surface area contributed by atoms with E-state index in [2.05, 4.69) is 110 Å². The highest BCUT2D eigenvalue weighted by Gasteiger charge is 2.14. The lowest BCUT2D eigenvalue weighted by molar-refractivity contribution is 0.550. The molecule has 23 heavy (non-hydrogen) atoms. The van der Waals surface area contributed by atoms with E-state index in [1.54, 1.807) is 0 Å². The Morgan fingerprint density at radius 1 is 0.783 bits per heavy atom. The normalized spacial score (nSPS) is 17.0. The van der Waals surface area contributed by atoms with Gasteiger partial charge in [0.05, 0.1) is 0 Å². The van der Waals surface area contributed by atoms with Crippen LogP contribution in [-0.4, -0.2) is 0 Å². The van der Waals surface area contributed by atoms with Crippen LogP contribution in [0.2, 0.25) is 0 Å². The molecular weight excluding hydrogens is 278 g/mol. The molecule has 0 bridgehead atoms. The maximum Gasteiger partial charge on any atom is 0.0461 e. The van der Waals surface area contributed by atoms with Gasteiger partial charge in [-0.25, -0.2) is 0 Å². The summed E-state index contributed by atoms with van der Waals surface area (Å²) >= 11 is 0. The van der Waals surface area contributed by atoms with Crippen molar-refractivity contribution < 1.29 is 0 Å². The van der Waals surface area contributed by atoms with Crippen LogP contribution >= 0.6 is 0 Å². The second kappa shape index (κ2) is 7.15. The summed E-state index contributed by atoms with van der Waals surface area (Å²) in [5, 5.41) is 0. The van der Waals surface area contributed by atoms with E-state index in [1.807, 2.05) is 0 Å². The number of benzene rings is 2. The van der Waals surface area contributed by atoms with Gasteiger partial charge in [-0.05, 0) is 48.3 Å². The van der Waals surface area contributed by atoms with Crippen molar-refractivity contribution in [3.8, 4) is 0 Å². The summed E-state index contributed by atoms with van der Waals surface area (Å²) in [5.41, 5.74) is 3.53. The van der Waals surface area contributed by atoms with E-state index in [0.717, 1.165) is 0 Å². The standard InChI is InChI=1S/C22H23N/c1-18(2)19-10-9-15-22(17-16-19)23(20-11-5-3-6-12-20)21-13-7-4-8-14-21/h3-19H,1-2H3. The molecule has 2 aromatic rings. The summed E-state index contributed by atoms with van der Waals surface area (Å²) in [6.07, 6.45) is 11.2. The lowest BCUT2D eigenvalue weighted by atomic mass is 9.95. The first-order valence-corrected chi connectivity index (χ1v) is 8.22. The summed E-state index contributed by atoms with van der Waals surface area (Å²) in [6, 6.07) is 21.0. The Labute approximate surface area is 139 Å². The molecule has 0 aliphatic heterocycles. The van der Waals surface area contributed by atoms with Crippen LogP contribution in [0.3, 0.4) is 0 Å². The molecule has 0 aromatic heterocycles. The Balaban J connectivity index is 2.02. The predicted molar refractivity (Wildman–Crippen MR) is 99.7 cm³/mol. The number of anilines is 2. The zero-order valence-corrected chi connectivity index (χ0v) is 13.8. The first kappa shape index (κ1) is 15.4. The molecule has 116 valence electrons. The summed E-state index contributed by atoms with van der Waals surface area (Å²) in [5.74, 6) is 1.09. The summed E-state index contributed by atoms with van der Waals surface area (Å²) < 4.78 is 0. The summed E-state index contributed by atoms with van der Waals surface area (Å²) in [6.45, 7) is 4.52. The van der Waals surface area contributed by atoms with Crippen molar-refractivity contribution in [3.63, 3.8) is 0 Å². The molecule has 1 aliphatic rings. The molecule has 1 atom stereocenters. The van der Waals surface area contributed by atoms with Crippen molar-refractivity contribution >= 4 is 11.4 Å². The smallest absolute Gasteiger partial charge is 0.0461 e. The van der Waals surface area contributed by atoms with E-state index in [1.165, 1.54) is 17.1 Å². The van der Waals surface area contributed by atoms with Gasteiger partial charge in [-0.1, -0.05) is 68.5 Å². The van der Waals surface area contributed by atoms with Gasteiger partial charge in [0.15, 0.2) is 0 Å². The van der Waals surface area contributed by atoms with Gasteiger partial charge >= 0.3 is 0 Å². The van der Waals surface area contributed by atoms with Crippen LogP contribution < -0.4 is 4.90 Å². The van der Waals surface area contributed by atoms with Crippen molar-refractivity contribution in [2.24, 2.45) is 11.8 Å². The number of nitrogens with zero attached hydrogens (tertiary/aromatic N) is 1. The third-order valence-electron chi connectivity index (χ3n) is 4.15. The number of hydrogen-bond acceptors (Lipinski definition) is 1. The molecule has 0 saturated heterocycles. The third-order valence-corrected chi connectivity index (χ3v) is 4.15. The second-order valence-corrected chi connectivity index (χ2v) is 6.16. The Morgan fingerprint density at radius 2 is 1.35 bits per heavy atom. The quantitative estimate of drug-likeness (QED) is 0.659. The van der Waals surface area contributed by atoms with Crippen molar-refractivity contribution in [1.29, 1.82) is 0 Å². The monoisotopic (exact) mass is 301 g/mol. The molecule has 0 saturated carbocycles. The lowest BCUT2D eigenvalue weighted by Gasteiger charge is -2.26. The van der Waals surface area contributed by atoms with Crippen molar-refractivity contribution in [3.05, 3.63) is 96.7 Å². The van der Waals surface area contributed by atoms with Crippen LogP contribution in [0.1, 0.15) is 13.8 Å². The molecule has 1 aliphatic carbocycles. The summed E-state index contributed by atoms with van der Waals surface area (Å²) in [4.78, 5) is 2.30. The van der Waals surface area contributed by atoms with Gasteiger partial charge < -0.3 is 4.90 Å². The second-order valence-electron chi connectivity index (χ2n) is 6.16. The van der Waals surface area contributed by atoms with Crippen LogP contribution in [0.25, 0.3) is 0 Å². The van der Waals surface area contributed by atoms with E-state index < -0.39 is 0 Å². The highest BCUT2D eigenvalue weighted by Crippen LogP contribution is 2.31. The molecule has 0 fully saturated rings. The van der Waals surface area contributed by atoms with E-state index in [9.17, 15) is 0 Å². The van der Waals surface area contributed by atoms with Crippen LogP contribution in [0, 0.1) is 11.8 Å². The van der Waals surface area contributed by atoms with Crippen molar-refractivity contribution in [2.75, 3.05) is 4.90 Å². The highest BCUT2D eigenvalue weighted by atomic mass is 15.1. The van der Waals surface area contributed by atoms with Crippen LogP contribution in [-0.2, 0) is 0 Å². The largest absolute Gasteiger partial charge is 0.311 e. The number of rotatable bonds is 4. The van der Waals surface area contributed by atoms with Crippen LogP contribution in [0.5, 0.6) is 0 Å². The zero-order valence-electron chi connectivity index (χ0n) is 13.8. The van der Waals surface area contributed by atoms with E-state index in [0.29, 0.717) is 11.8 Å². The van der Waals surface area contributed by atoms with E-state index in [-0.39, 0.29) is 0 Å². The summed E-state index contributed by atoms with van der Waals surface area (Å²) in [7, 11) is 0. The maximum atomic E-state index is 2.30. The molecule has 2 aromatic carbocycles. The lowest BCUT2D eigenvalue weighted by Crippen LogP contribution is -2.15. The fraction of sp³-hybridized carbons (Fsp3) is 0.182. The van der Waals surface area contributed by atoms with Gasteiger partial charge in [-0.2, -0.15) is 0 Å². The topological polar surface area (TPSA) is 3.24 Å². The van der Waals surface area contributed by atoms with Gasteiger partial charge in [0.2, 0.25) is 0 Å². The predicted octanol–water partition coefficient (Wildman–Crippen LogP) is 6.11. The minimum Gasteiger partial charge on any atom is -0.311 e. The third kappa shape index (κ3) is 3.62. The van der Waals surface area contributed by atoms with Crippen LogP contribution in [0.15, 0.2) is 96.7 Å². The molecule has 0 radical (unpaired) electrons. The van der Waals surface area contributed by atoms with Gasteiger partial charge in [-0.3, -0.25) is 0 Å². The number of hydrogen-bond donors (Lipinski definition) is 0. The first-order chi connectivity index (χ1) is 11.3. The molecule has 1 nitrogen and oxygen atoms in total. The van der Waals surface area contributed by atoms with Gasteiger partial charge in [0.25, 0.3) is 0 Å². The number of para-hydroxylation sites is 2. The molecule has 0 N–H and O–H groups in total. The fourth-order valence-corrected chi connectivity index (χ4v) is 2.81. The average Bonchev–Trinajstić information content (AvgIpc) is 2.83. The highest BCUT2D eigenvalue weighted by molar-refractivity contribution is 5.70. The number of allylic oxidation sites excluding steroid dienone is 5. The maximum absolute atomic E-state index is 2.30. The molecule has 0 spiro atoms. The molecule has 0 heterocycles. The Bertz CT molecular complexity index is 669. The minimum atomic E-state index is 0.483. The molecular formula is C22H23N. The van der Waals surface area contributed by atoms with Gasteiger partial charge in [0, 0.05) is 17.1 Å². The fourth-order valence-electron chi connectivity index (χ4n) is 2.81. The zero-order chi connectivity index (χ0) is 16.1. The molecule has 0 amide bonds. The Hall–Kier alpha value is -2.54.